The third-order valence-electron chi connectivity index (χ3n) is 4.88. The Morgan fingerprint density at radius 1 is 1.26 bits per heavy atom. The Morgan fingerprint density at radius 3 is 2.55 bits per heavy atom. The molecule has 0 atom stereocenters. The molecular weight excluding hydrogens is 437 g/mol. The fourth-order valence-electron chi connectivity index (χ4n) is 3.46. The number of carbonyl (C=O) groups is 1. The molecule has 1 aliphatic rings. The van der Waals surface area contributed by atoms with Gasteiger partial charge in [0.1, 0.15) is 12.2 Å². The number of rotatable bonds is 3. The first-order chi connectivity index (χ1) is 14.6. The number of aryl methyl sites for hydroxylation is 1. The van der Waals surface area contributed by atoms with Crippen LogP contribution in [-0.2, 0) is 4.74 Å². The van der Waals surface area contributed by atoms with Gasteiger partial charge in [0.2, 0.25) is 5.95 Å². The molecule has 1 N–H and O–H groups in total. The summed E-state index contributed by atoms with van der Waals surface area (Å²) in [6.45, 7) is 8.78. The Morgan fingerprint density at radius 2 is 1.94 bits per heavy atom. The molecule has 2 aromatic rings. The molecule has 7 nitrogen and oxygen atoms in total. The normalized spacial score (nSPS) is 14.8. The summed E-state index contributed by atoms with van der Waals surface area (Å²) in [5.74, 6) is 0.480. The summed E-state index contributed by atoms with van der Waals surface area (Å²) in [6, 6.07) is 7.43. The number of hydrogen-bond acceptors (Lipinski definition) is 6. The van der Waals surface area contributed by atoms with Gasteiger partial charge in [-0.05, 0) is 33.8 Å². The van der Waals surface area contributed by atoms with Gasteiger partial charge in [0.05, 0.1) is 15.7 Å². The van der Waals surface area contributed by atoms with Crippen LogP contribution in [0.15, 0.2) is 18.2 Å². The maximum absolute atomic E-state index is 12.0. The van der Waals surface area contributed by atoms with Gasteiger partial charge in [0.15, 0.2) is 5.69 Å². The molecule has 3 rings (SSSR count). The summed E-state index contributed by atoms with van der Waals surface area (Å²) in [4.78, 5) is 23.1. The predicted octanol–water partition coefficient (Wildman–Crippen LogP) is 5.12. The minimum absolute atomic E-state index is 0.167. The first-order valence-electron chi connectivity index (χ1n) is 10.1. The molecule has 1 aliphatic heterocycles. The maximum atomic E-state index is 12.0. The molecule has 0 radical (unpaired) electrons. The van der Waals surface area contributed by atoms with E-state index in [1.807, 2.05) is 32.6 Å². The number of carbonyl (C=O) groups excluding carboxylic acids is 1. The molecule has 1 amide bonds. The van der Waals surface area contributed by atoms with Gasteiger partial charge in [-0.15, -0.1) is 0 Å². The van der Waals surface area contributed by atoms with Crippen molar-refractivity contribution in [3.8, 4) is 17.2 Å². The van der Waals surface area contributed by atoms with Crippen LogP contribution in [0.25, 0.3) is 11.1 Å². The van der Waals surface area contributed by atoms with Crippen molar-refractivity contribution in [2.45, 2.75) is 52.2 Å². The maximum Gasteiger partial charge on any atom is 0.407 e. The molecular formula is C22H25Cl2N5O2. The topological polar surface area (TPSA) is 91.1 Å². The van der Waals surface area contributed by atoms with Crippen LogP contribution < -0.4 is 10.2 Å². The molecule has 0 aliphatic carbocycles. The fraction of sp³-hybridized carbons (Fsp3) is 0.455. The summed E-state index contributed by atoms with van der Waals surface area (Å²) in [5.41, 5.74) is 1.76. The van der Waals surface area contributed by atoms with Crippen LogP contribution in [0, 0.1) is 18.3 Å². The minimum Gasteiger partial charge on any atom is -0.446 e. The van der Waals surface area contributed by atoms with E-state index < -0.39 is 6.09 Å². The standard InChI is InChI=1S/C22H25Cl2N5O2/c1-13-18(15-6-5-7-16(23)19(15)24)17(12-25)27-20(26-13)29-10-8-14(9-11-29)31-21(30)28-22(2,3)4/h5-7,14H,8-11H2,1-4H3,(H,28,30). The van der Waals surface area contributed by atoms with Gasteiger partial charge in [-0.2, -0.15) is 5.26 Å². The van der Waals surface area contributed by atoms with Gasteiger partial charge in [-0.25, -0.2) is 14.8 Å². The zero-order chi connectivity index (χ0) is 22.8. The van der Waals surface area contributed by atoms with Crippen molar-refractivity contribution in [2.24, 2.45) is 0 Å². The molecule has 9 heteroatoms. The summed E-state index contributed by atoms with van der Waals surface area (Å²) in [5, 5.41) is 13.3. The number of benzene rings is 1. The van der Waals surface area contributed by atoms with Crippen LogP contribution in [0.3, 0.4) is 0 Å². The van der Waals surface area contributed by atoms with E-state index in [1.165, 1.54) is 0 Å². The second-order valence-electron chi connectivity index (χ2n) is 8.51. The number of nitriles is 1. The Kier molecular flexibility index (Phi) is 6.93. The molecule has 0 saturated carbocycles. The molecule has 31 heavy (non-hydrogen) atoms. The number of anilines is 1. The first-order valence-corrected chi connectivity index (χ1v) is 10.8. The van der Waals surface area contributed by atoms with E-state index in [4.69, 9.17) is 27.9 Å². The third kappa shape index (κ3) is 5.57. The SMILES string of the molecule is Cc1nc(N2CCC(OC(=O)NC(C)(C)C)CC2)nc(C#N)c1-c1cccc(Cl)c1Cl. The van der Waals surface area contributed by atoms with Crippen molar-refractivity contribution in [1.29, 1.82) is 5.26 Å². The molecule has 1 saturated heterocycles. The summed E-state index contributed by atoms with van der Waals surface area (Å²) in [6.07, 6.45) is 0.736. The number of aromatic nitrogens is 2. The van der Waals surface area contributed by atoms with Gasteiger partial charge in [-0.1, -0.05) is 35.3 Å². The average Bonchev–Trinajstić information content (AvgIpc) is 2.69. The second kappa shape index (κ2) is 9.29. The molecule has 0 bridgehead atoms. The summed E-state index contributed by atoms with van der Waals surface area (Å²) >= 11 is 12.5. The quantitative estimate of drug-likeness (QED) is 0.681. The highest BCUT2D eigenvalue weighted by Crippen LogP contribution is 2.36. The zero-order valence-electron chi connectivity index (χ0n) is 18.0. The van der Waals surface area contributed by atoms with Gasteiger partial charge in [0.25, 0.3) is 0 Å². The molecule has 1 fully saturated rings. The molecule has 2 heterocycles. The largest absolute Gasteiger partial charge is 0.446 e. The minimum atomic E-state index is -0.410. The van der Waals surface area contributed by atoms with Gasteiger partial charge in [0, 0.05) is 42.6 Å². The molecule has 1 aromatic carbocycles. The number of amides is 1. The highest BCUT2D eigenvalue weighted by molar-refractivity contribution is 6.43. The number of nitrogens with zero attached hydrogens (tertiary/aromatic N) is 4. The lowest BCUT2D eigenvalue weighted by atomic mass is 10.0. The number of halogens is 2. The van der Waals surface area contributed by atoms with Crippen LogP contribution >= 0.6 is 23.2 Å². The Labute approximate surface area is 192 Å². The van der Waals surface area contributed by atoms with Crippen molar-refractivity contribution in [2.75, 3.05) is 18.0 Å². The molecule has 0 unspecified atom stereocenters. The lowest BCUT2D eigenvalue weighted by Gasteiger charge is -2.32. The van der Waals surface area contributed by atoms with Crippen LogP contribution in [0.1, 0.15) is 45.0 Å². The van der Waals surface area contributed by atoms with E-state index in [2.05, 4.69) is 21.4 Å². The van der Waals surface area contributed by atoms with Crippen LogP contribution in [0.4, 0.5) is 10.7 Å². The Hall–Kier alpha value is -2.56. The number of alkyl carbamates (subject to hydrolysis) is 1. The molecule has 0 spiro atoms. The summed E-state index contributed by atoms with van der Waals surface area (Å²) in [7, 11) is 0. The Balaban J connectivity index is 1.75. The van der Waals surface area contributed by atoms with Crippen molar-refractivity contribution < 1.29 is 9.53 Å². The fourth-order valence-corrected chi connectivity index (χ4v) is 3.86. The van der Waals surface area contributed by atoms with E-state index in [0.717, 1.165) is 0 Å². The molecule has 164 valence electrons. The van der Waals surface area contributed by atoms with Crippen molar-refractivity contribution in [3.05, 3.63) is 39.6 Å². The van der Waals surface area contributed by atoms with Crippen LogP contribution in [0.2, 0.25) is 10.0 Å². The predicted molar refractivity (Wildman–Crippen MR) is 122 cm³/mol. The van der Waals surface area contributed by atoms with E-state index in [-0.39, 0.29) is 17.3 Å². The number of hydrogen-bond donors (Lipinski definition) is 1. The van der Waals surface area contributed by atoms with Gasteiger partial charge < -0.3 is 15.0 Å². The second-order valence-corrected chi connectivity index (χ2v) is 9.30. The summed E-state index contributed by atoms with van der Waals surface area (Å²) < 4.78 is 5.52. The number of piperidine rings is 1. The average molecular weight is 462 g/mol. The van der Waals surface area contributed by atoms with Crippen molar-refractivity contribution >= 4 is 35.2 Å². The lowest BCUT2D eigenvalue weighted by molar-refractivity contribution is 0.0775. The smallest absolute Gasteiger partial charge is 0.407 e. The third-order valence-corrected chi connectivity index (χ3v) is 5.70. The number of nitrogens with one attached hydrogen (secondary N) is 1. The zero-order valence-corrected chi connectivity index (χ0v) is 19.5. The van der Waals surface area contributed by atoms with Gasteiger partial charge in [-0.3, -0.25) is 0 Å². The first kappa shape index (κ1) is 23.1. The number of ether oxygens (including phenoxy) is 1. The monoisotopic (exact) mass is 461 g/mol. The van der Waals surface area contributed by atoms with Gasteiger partial charge >= 0.3 is 6.09 Å². The van der Waals surface area contributed by atoms with E-state index in [9.17, 15) is 10.1 Å². The highest BCUT2D eigenvalue weighted by Gasteiger charge is 2.27. The Bertz CT molecular complexity index is 1020. The van der Waals surface area contributed by atoms with E-state index in [1.54, 1.807) is 18.2 Å². The van der Waals surface area contributed by atoms with Crippen LogP contribution in [-0.4, -0.2) is 40.8 Å². The van der Waals surface area contributed by atoms with E-state index in [0.29, 0.717) is 58.7 Å². The molecule has 1 aromatic heterocycles. The van der Waals surface area contributed by atoms with E-state index >= 15 is 0 Å². The van der Waals surface area contributed by atoms with Crippen LogP contribution in [0.5, 0.6) is 0 Å². The van der Waals surface area contributed by atoms with Crippen molar-refractivity contribution in [3.63, 3.8) is 0 Å². The highest BCUT2D eigenvalue weighted by atomic mass is 35.5. The lowest BCUT2D eigenvalue weighted by Crippen LogP contribution is -2.45. The van der Waals surface area contributed by atoms with Crippen molar-refractivity contribution in [1.82, 2.24) is 15.3 Å².